The predicted octanol–water partition coefficient (Wildman–Crippen LogP) is 21.0. The van der Waals surface area contributed by atoms with E-state index in [0.717, 1.165) is 118 Å². The number of aryl methyl sites for hydroxylation is 1. The molecule has 2 heterocycles. The van der Waals surface area contributed by atoms with Crippen LogP contribution in [0.5, 0.6) is 11.5 Å². The van der Waals surface area contributed by atoms with Crippen molar-refractivity contribution in [2.45, 2.75) is 95.4 Å². The van der Waals surface area contributed by atoms with Gasteiger partial charge in [0.25, 0.3) is 0 Å². The number of nitrogens with zero attached hydrogens (tertiary/aromatic N) is 2. The summed E-state index contributed by atoms with van der Waals surface area (Å²) >= 11 is 0. The minimum atomic E-state index is -0.0496. The number of ether oxygens (including phenoxy) is 1. The van der Waals surface area contributed by atoms with Crippen molar-refractivity contribution >= 4 is 83.1 Å². The molecule has 76 heavy (non-hydrogen) atoms. The Morgan fingerprint density at radius 1 is 0.461 bits per heavy atom. The van der Waals surface area contributed by atoms with E-state index >= 15 is 0 Å². The van der Waals surface area contributed by atoms with E-state index in [1.807, 2.05) is 0 Å². The number of hydrogen-bond acceptors (Lipinski definition) is 5. The number of furan rings is 2. The molecule has 0 amide bonds. The number of para-hydroxylation sites is 6. The molecule has 9 aromatic carbocycles. The molecule has 0 radical (unpaired) electrons. The van der Waals surface area contributed by atoms with Crippen LogP contribution in [0.1, 0.15) is 99.2 Å². The number of fused-ring (bicyclic) bond motifs is 7. The predicted molar refractivity (Wildman–Crippen MR) is 317 cm³/mol. The second-order valence-corrected chi connectivity index (χ2v) is 21.5. The first-order valence-electron chi connectivity index (χ1n) is 27.9. The van der Waals surface area contributed by atoms with Crippen LogP contribution in [-0.4, -0.2) is 6.04 Å². The third kappa shape index (κ3) is 7.98. The quantitative estimate of drug-likeness (QED) is 0.121. The van der Waals surface area contributed by atoms with Crippen LogP contribution in [0.2, 0.25) is 0 Å². The highest BCUT2D eigenvalue weighted by Crippen LogP contribution is 2.57. The third-order valence-electron chi connectivity index (χ3n) is 16.9. The van der Waals surface area contributed by atoms with Gasteiger partial charge in [0.05, 0.1) is 39.9 Å². The minimum absolute atomic E-state index is 0.0496. The van der Waals surface area contributed by atoms with Crippen molar-refractivity contribution in [1.29, 1.82) is 0 Å². The average Bonchev–Trinajstić information content (AvgIpc) is 4.14. The molecule has 0 spiro atoms. The molecule has 0 bridgehead atoms. The van der Waals surface area contributed by atoms with E-state index in [1.165, 1.54) is 75.3 Å². The van der Waals surface area contributed by atoms with Crippen molar-refractivity contribution in [3.63, 3.8) is 0 Å². The van der Waals surface area contributed by atoms with Gasteiger partial charge in [0, 0.05) is 32.5 Å². The highest BCUT2D eigenvalue weighted by atomic mass is 16.5. The first kappa shape index (κ1) is 46.3. The van der Waals surface area contributed by atoms with Gasteiger partial charge in [-0.15, -0.1) is 0 Å². The molecule has 3 aliphatic carbocycles. The van der Waals surface area contributed by atoms with Crippen molar-refractivity contribution in [1.82, 2.24) is 0 Å². The molecule has 5 heteroatoms. The summed E-state index contributed by atoms with van der Waals surface area (Å²) < 4.78 is 22.4. The van der Waals surface area contributed by atoms with Crippen LogP contribution in [0, 0.1) is 6.92 Å². The van der Waals surface area contributed by atoms with Crippen LogP contribution in [0.4, 0.5) is 28.4 Å². The highest BCUT2D eigenvalue weighted by Gasteiger charge is 2.35. The Morgan fingerprint density at radius 2 is 1.07 bits per heavy atom. The summed E-state index contributed by atoms with van der Waals surface area (Å²) in [7, 11) is 0. The maximum atomic E-state index is 7.52. The van der Waals surface area contributed by atoms with Crippen molar-refractivity contribution in [3.05, 3.63) is 223 Å². The smallest absolute Gasteiger partial charge is 0.162 e. The van der Waals surface area contributed by atoms with Gasteiger partial charge in [0.2, 0.25) is 0 Å². The van der Waals surface area contributed by atoms with Crippen LogP contribution in [0.25, 0.3) is 65.8 Å². The molecule has 0 saturated heterocycles. The Labute approximate surface area is 445 Å². The topological polar surface area (TPSA) is 42.0 Å². The largest absolute Gasteiger partial charge is 0.455 e. The van der Waals surface area contributed by atoms with E-state index in [0.29, 0.717) is 11.8 Å². The third-order valence-corrected chi connectivity index (χ3v) is 16.9. The number of allylic oxidation sites excluding steroid dienone is 2. The second-order valence-electron chi connectivity index (χ2n) is 21.5. The maximum absolute atomic E-state index is 7.52. The summed E-state index contributed by atoms with van der Waals surface area (Å²) in [6.07, 6.45) is 22.2. The summed E-state index contributed by atoms with van der Waals surface area (Å²) in [6.45, 7) is 2.19. The van der Waals surface area contributed by atoms with Gasteiger partial charge in [-0.3, -0.25) is 0 Å². The molecule has 5 nitrogen and oxygen atoms in total. The van der Waals surface area contributed by atoms with Gasteiger partial charge in [-0.05, 0) is 103 Å². The maximum Gasteiger partial charge on any atom is 0.162 e. The fourth-order valence-electron chi connectivity index (χ4n) is 13.3. The van der Waals surface area contributed by atoms with Crippen molar-refractivity contribution < 1.29 is 13.6 Å². The van der Waals surface area contributed by atoms with Crippen molar-refractivity contribution in [2.75, 3.05) is 9.80 Å². The van der Waals surface area contributed by atoms with E-state index in [1.54, 1.807) is 0 Å². The monoisotopic (exact) mass is 990 g/mol. The van der Waals surface area contributed by atoms with Crippen LogP contribution < -0.4 is 14.5 Å². The first-order chi connectivity index (χ1) is 37.7. The second kappa shape index (κ2) is 19.8. The molecule has 0 N–H and O–H groups in total. The Kier molecular flexibility index (Phi) is 12.0. The molecule has 1 unspecified atom stereocenters. The van der Waals surface area contributed by atoms with Crippen molar-refractivity contribution in [2.24, 2.45) is 0 Å². The van der Waals surface area contributed by atoms with Gasteiger partial charge in [0.15, 0.2) is 16.9 Å². The van der Waals surface area contributed by atoms with Gasteiger partial charge in [0.1, 0.15) is 16.9 Å². The lowest BCUT2D eigenvalue weighted by molar-refractivity contribution is 0.418. The van der Waals surface area contributed by atoms with Crippen LogP contribution >= 0.6 is 0 Å². The minimum Gasteiger partial charge on any atom is -0.455 e. The number of benzene rings is 9. The molecule has 11 aromatic rings. The summed E-state index contributed by atoms with van der Waals surface area (Å²) in [6, 6.07) is 66.1. The number of rotatable bonds is 11. The molecule has 2 aromatic heterocycles. The molecule has 374 valence electrons. The van der Waals surface area contributed by atoms with E-state index < -0.39 is 0 Å². The van der Waals surface area contributed by atoms with E-state index in [4.69, 9.17) is 13.6 Å². The SMILES string of the molecule is Cc1cccc(N(c2c3ccccc3c(N(c3ccccc3-c3ccccc3)c3cccc4c3oc3c(C5CCCCC5)cccc34)c3oc4ccccc4c23)C2C=CC=CC2)c1Oc1ccccc1C1CCCCC1. The Balaban J connectivity index is 1.07. The first-order valence-corrected chi connectivity index (χ1v) is 27.9. The summed E-state index contributed by atoms with van der Waals surface area (Å²) in [5.74, 6) is 2.77. The Hall–Kier alpha value is -8.28. The highest BCUT2D eigenvalue weighted by molar-refractivity contribution is 6.28. The van der Waals surface area contributed by atoms with Gasteiger partial charge < -0.3 is 23.4 Å². The zero-order valence-corrected chi connectivity index (χ0v) is 43.3. The molecule has 2 saturated carbocycles. The van der Waals surface area contributed by atoms with Gasteiger partial charge >= 0.3 is 0 Å². The molecular weight excluding hydrogens is 929 g/mol. The van der Waals surface area contributed by atoms with Crippen LogP contribution in [0.15, 0.2) is 215 Å². The normalized spacial score (nSPS) is 16.4. The van der Waals surface area contributed by atoms with E-state index in [9.17, 15) is 0 Å². The lowest BCUT2D eigenvalue weighted by atomic mass is 9.83. The van der Waals surface area contributed by atoms with Crippen LogP contribution in [-0.2, 0) is 0 Å². The summed E-state index contributed by atoms with van der Waals surface area (Å²) in [4.78, 5) is 5.03. The van der Waals surface area contributed by atoms with E-state index in [2.05, 4.69) is 223 Å². The standard InChI is InChI=1S/C71H62N2O3/c1-47-25-22-43-61(68(47)74-63-45-20-17-35-53(63)49-28-8-3-9-29-49)72(51-32-12-5-13-33-51)66-55-36-14-15-37-56(55)67(71-65(66)59-38-18-21-46-64(59)75-71)73(60-42-19-16-34-52(60)48-26-6-2-7-27-48)62-44-24-41-58-57-40-23-39-54(69(57)76-70(58)62)50-30-10-4-11-31-50/h2,5-7,12-27,32,34-46,49-51H,3-4,8-11,28-31,33H2,1H3. The molecular formula is C71H62N2O3. The summed E-state index contributed by atoms with van der Waals surface area (Å²) in [5.41, 5.74) is 14.5. The zero-order valence-electron chi connectivity index (χ0n) is 43.3. The molecule has 3 aliphatic rings. The number of anilines is 5. The molecule has 14 rings (SSSR count). The lowest BCUT2D eigenvalue weighted by Crippen LogP contribution is -2.30. The van der Waals surface area contributed by atoms with Gasteiger partial charge in [-0.1, -0.05) is 214 Å². The van der Waals surface area contributed by atoms with Crippen molar-refractivity contribution in [3.8, 4) is 22.6 Å². The van der Waals surface area contributed by atoms with E-state index in [-0.39, 0.29) is 6.04 Å². The number of hydrogen-bond donors (Lipinski definition) is 0. The fourth-order valence-corrected chi connectivity index (χ4v) is 13.3. The Bertz CT molecular complexity index is 4020. The fraction of sp³-hybridized carbons (Fsp3) is 0.211. The summed E-state index contributed by atoms with van der Waals surface area (Å²) in [5, 5.41) is 6.52. The van der Waals surface area contributed by atoms with Crippen LogP contribution in [0.3, 0.4) is 0 Å². The average molecular weight is 991 g/mol. The van der Waals surface area contributed by atoms with Gasteiger partial charge in [-0.25, -0.2) is 0 Å². The molecule has 2 fully saturated rings. The molecule has 1 atom stereocenters. The lowest BCUT2D eigenvalue weighted by Gasteiger charge is -2.36. The zero-order chi connectivity index (χ0) is 50.5. The van der Waals surface area contributed by atoms with Gasteiger partial charge in [-0.2, -0.15) is 0 Å². The Morgan fingerprint density at radius 3 is 1.86 bits per heavy atom. The molecule has 0 aliphatic heterocycles.